The molecule has 31 heavy (non-hydrogen) atoms. The lowest BCUT2D eigenvalue weighted by Crippen LogP contribution is -2.29. The second-order valence-corrected chi connectivity index (χ2v) is 9.16. The molecule has 0 spiro atoms. The summed E-state index contributed by atoms with van der Waals surface area (Å²) in [5, 5.41) is 0.407. The number of halogens is 3. The maximum atomic E-state index is 13.5. The van der Waals surface area contributed by atoms with Crippen molar-refractivity contribution in [1.29, 1.82) is 0 Å². The summed E-state index contributed by atoms with van der Waals surface area (Å²) in [6.07, 6.45) is 0. The van der Waals surface area contributed by atoms with Crippen LogP contribution in [0.15, 0.2) is 84.9 Å². The van der Waals surface area contributed by atoms with Crippen molar-refractivity contribution < 1.29 is 13.6 Å². The van der Waals surface area contributed by atoms with E-state index in [4.69, 9.17) is 4.42 Å². The fraction of sp³-hybridized carbons (Fsp3) is 0.0833. The number of carbonyl (C=O) groups excluding carboxylic acids is 1. The first-order chi connectivity index (χ1) is 14.9. The fourth-order valence-electron chi connectivity index (χ4n) is 3.97. The third-order valence-electron chi connectivity index (χ3n) is 5.36. The summed E-state index contributed by atoms with van der Waals surface area (Å²) in [5.41, 5.74) is 1.97. The third kappa shape index (κ3) is 3.51. The lowest BCUT2D eigenvalue weighted by Gasteiger charge is -2.25. The van der Waals surface area contributed by atoms with Crippen LogP contribution in [0.25, 0.3) is 11.0 Å². The second-order valence-electron chi connectivity index (χ2n) is 7.33. The Hall–Kier alpha value is -2.77. The van der Waals surface area contributed by atoms with Crippen LogP contribution in [-0.2, 0) is 6.54 Å². The molecule has 4 aromatic rings. The van der Waals surface area contributed by atoms with Gasteiger partial charge < -0.3 is 9.32 Å². The van der Waals surface area contributed by atoms with Crippen molar-refractivity contribution in [3.8, 4) is 0 Å². The average Bonchev–Trinajstić information content (AvgIpc) is 3.02. The minimum Gasteiger partial charge on any atom is -0.450 e. The number of hydrogen-bond acceptors (Lipinski definition) is 3. The molecule has 1 aliphatic rings. The largest absolute Gasteiger partial charge is 0.450 e. The van der Waals surface area contributed by atoms with Crippen LogP contribution in [0.3, 0.4) is 0 Å². The van der Waals surface area contributed by atoms with Gasteiger partial charge in [0.25, 0.3) is 5.91 Å². The Labute approximate surface area is 193 Å². The monoisotopic (exact) mass is 541 g/mol. The Morgan fingerprint density at radius 1 is 0.935 bits per heavy atom. The number of carbonyl (C=O) groups is 1. The molecule has 3 aromatic carbocycles. The number of fused-ring (bicyclic) bond motifs is 2. The Morgan fingerprint density at radius 2 is 1.68 bits per heavy atom. The maximum absolute atomic E-state index is 13.5. The highest BCUT2D eigenvalue weighted by Gasteiger charge is 2.42. The van der Waals surface area contributed by atoms with Gasteiger partial charge in [0.05, 0.1) is 17.0 Å². The first kappa shape index (κ1) is 20.2. The third-order valence-corrected chi connectivity index (χ3v) is 6.34. The van der Waals surface area contributed by atoms with E-state index in [1.165, 1.54) is 12.1 Å². The van der Waals surface area contributed by atoms with Gasteiger partial charge in [0.15, 0.2) is 5.43 Å². The fourth-order valence-corrected chi connectivity index (χ4v) is 4.74. The van der Waals surface area contributed by atoms with Crippen LogP contribution in [-0.4, -0.2) is 10.8 Å². The smallest absolute Gasteiger partial charge is 0.291 e. The summed E-state index contributed by atoms with van der Waals surface area (Å²) in [7, 11) is 0. The summed E-state index contributed by atoms with van der Waals surface area (Å²) in [6, 6.07) is 18.0. The molecule has 5 rings (SSSR count). The molecule has 0 saturated carbocycles. The van der Waals surface area contributed by atoms with Crippen molar-refractivity contribution in [3.05, 3.63) is 114 Å². The van der Waals surface area contributed by atoms with E-state index in [9.17, 15) is 14.0 Å². The molecule has 0 N–H and O–H groups in total. The van der Waals surface area contributed by atoms with Crippen LogP contribution >= 0.6 is 31.9 Å². The maximum Gasteiger partial charge on any atom is 0.291 e. The predicted octanol–water partition coefficient (Wildman–Crippen LogP) is 6.20. The van der Waals surface area contributed by atoms with Crippen molar-refractivity contribution in [2.24, 2.45) is 0 Å². The van der Waals surface area contributed by atoms with Crippen molar-refractivity contribution in [2.45, 2.75) is 12.6 Å². The van der Waals surface area contributed by atoms with Gasteiger partial charge in [-0.3, -0.25) is 9.59 Å². The van der Waals surface area contributed by atoms with E-state index in [-0.39, 0.29) is 29.5 Å². The summed E-state index contributed by atoms with van der Waals surface area (Å²) >= 11 is 6.87. The van der Waals surface area contributed by atoms with Crippen molar-refractivity contribution in [3.63, 3.8) is 0 Å². The van der Waals surface area contributed by atoms with E-state index < -0.39 is 6.04 Å². The Bertz CT molecular complexity index is 1400. The van der Waals surface area contributed by atoms with E-state index in [0.29, 0.717) is 16.5 Å². The summed E-state index contributed by atoms with van der Waals surface area (Å²) in [4.78, 5) is 28.5. The van der Waals surface area contributed by atoms with Gasteiger partial charge in [-0.1, -0.05) is 56.1 Å². The van der Waals surface area contributed by atoms with Crippen LogP contribution in [0.5, 0.6) is 0 Å². The zero-order valence-corrected chi connectivity index (χ0v) is 19.1. The molecule has 7 heteroatoms. The molecular weight excluding hydrogens is 529 g/mol. The highest BCUT2D eigenvalue weighted by atomic mass is 79.9. The molecular formula is C24H14Br2FNO3. The predicted molar refractivity (Wildman–Crippen MR) is 122 cm³/mol. The highest BCUT2D eigenvalue weighted by molar-refractivity contribution is 9.10. The van der Waals surface area contributed by atoms with Gasteiger partial charge in [0.1, 0.15) is 11.4 Å². The minimum absolute atomic E-state index is 0.0481. The number of amides is 1. The molecule has 4 nitrogen and oxygen atoms in total. The molecule has 0 fully saturated rings. The first-order valence-corrected chi connectivity index (χ1v) is 11.1. The topological polar surface area (TPSA) is 50.5 Å². The highest BCUT2D eigenvalue weighted by Crippen LogP contribution is 2.40. The van der Waals surface area contributed by atoms with Crippen LogP contribution in [0.2, 0.25) is 0 Å². The number of rotatable bonds is 3. The van der Waals surface area contributed by atoms with Gasteiger partial charge >= 0.3 is 0 Å². The summed E-state index contributed by atoms with van der Waals surface area (Å²) in [5.74, 6) is -0.671. The quantitative estimate of drug-likeness (QED) is 0.309. The molecule has 2 heterocycles. The first-order valence-electron chi connectivity index (χ1n) is 9.49. The van der Waals surface area contributed by atoms with Crippen LogP contribution in [0.4, 0.5) is 4.39 Å². The van der Waals surface area contributed by atoms with Crippen molar-refractivity contribution in [2.75, 3.05) is 0 Å². The van der Waals surface area contributed by atoms with Crippen molar-refractivity contribution in [1.82, 2.24) is 4.90 Å². The number of hydrogen-bond donors (Lipinski definition) is 0. The van der Waals surface area contributed by atoms with Crippen LogP contribution < -0.4 is 5.43 Å². The molecule has 1 atom stereocenters. The molecule has 0 radical (unpaired) electrons. The summed E-state index contributed by atoms with van der Waals surface area (Å²) < 4.78 is 20.9. The Balaban J connectivity index is 1.73. The molecule has 0 bridgehead atoms. The average molecular weight is 543 g/mol. The molecule has 154 valence electrons. The van der Waals surface area contributed by atoms with E-state index in [0.717, 1.165) is 20.1 Å². The van der Waals surface area contributed by atoms with E-state index in [1.54, 1.807) is 35.2 Å². The lowest BCUT2D eigenvalue weighted by atomic mass is 9.98. The Kier molecular flexibility index (Phi) is 5.02. The zero-order valence-electron chi connectivity index (χ0n) is 15.9. The molecule has 1 amide bonds. The standard InChI is InChI=1S/C24H14Br2FNO3/c25-15-3-1-2-14(10-15)21-20-22(29)18-11-16(26)6-9-19(18)31-23(20)24(30)28(21)12-13-4-7-17(27)8-5-13/h1-11,21H,12H2. The van der Waals surface area contributed by atoms with Crippen LogP contribution in [0.1, 0.15) is 33.3 Å². The van der Waals surface area contributed by atoms with Gasteiger partial charge in [-0.05, 0) is 53.6 Å². The van der Waals surface area contributed by atoms with E-state index >= 15 is 0 Å². The van der Waals surface area contributed by atoms with Gasteiger partial charge in [0, 0.05) is 15.5 Å². The molecule has 1 aliphatic heterocycles. The van der Waals surface area contributed by atoms with Crippen LogP contribution in [0, 0.1) is 5.82 Å². The van der Waals surface area contributed by atoms with Gasteiger partial charge in [-0.15, -0.1) is 0 Å². The SMILES string of the molecule is O=C1c2oc3ccc(Br)cc3c(=O)c2C(c2cccc(Br)c2)N1Cc1ccc(F)cc1. The molecule has 1 unspecified atom stereocenters. The Morgan fingerprint density at radius 3 is 2.42 bits per heavy atom. The van der Waals surface area contributed by atoms with Crippen molar-refractivity contribution >= 4 is 48.7 Å². The molecule has 0 aliphatic carbocycles. The number of nitrogens with zero attached hydrogens (tertiary/aromatic N) is 1. The van der Waals surface area contributed by atoms with Gasteiger partial charge in [0.2, 0.25) is 5.76 Å². The van der Waals surface area contributed by atoms with E-state index in [1.807, 2.05) is 24.3 Å². The molecule has 0 saturated heterocycles. The molecule has 1 aromatic heterocycles. The van der Waals surface area contributed by atoms with E-state index in [2.05, 4.69) is 31.9 Å². The zero-order chi connectivity index (χ0) is 21.7. The number of benzene rings is 3. The lowest BCUT2D eigenvalue weighted by molar-refractivity contribution is 0.0714. The summed E-state index contributed by atoms with van der Waals surface area (Å²) in [6.45, 7) is 0.208. The minimum atomic E-state index is -0.621. The van der Waals surface area contributed by atoms with Gasteiger partial charge in [-0.2, -0.15) is 0 Å². The van der Waals surface area contributed by atoms with Gasteiger partial charge in [-0.25, -0.2) is 4.39 Å². The second kappa shape index (κ2) is 7.73. The normalized spacial score (nSPS) is 15.5.